The maximum absolute atomic E-state index is 4.67. The molecule has 1 saturated carbocycles. The second kappa shape index (κ2) is 6.28. The lowest BCUT2D eigenvalue weighted by Gasteiger charge is -2.33. The van der Waals surface area contributed by atoms with Gasteiger partial charge in [-0.05, 0) is 58.0 Å². The van der Waals surface area contributed by atoms with Crippen molar-refractivity contribution in [1.29, 1.82) is 0 Å². The van der Waals surface area contributed by atoms with E-state index >= 15 is 0 Å². The van der Waals surface area contributed by atoms with Crippen LogP contribution < -0.4 is 5.32 Å². The topological polar surface area (TPSA) is 41.0 Å². The molecule has 112 valence electrons. The fourth-order valence-corrected chi connectivity index (χ4v) is 3.35. The fraction of sp³-hybridized carbons (Fsp3) is 0.500. The van der Waals surface area contributed by atoms with Gasteiger partial charge in [0.2, 0.25) is 0 Å². The van der Waals surface area contributed by atoms with Gasteiger partial charge < -0.3 is 10.2 Å². The molecule has 0 aliphatic heterocycles. The Morgan fingerprint density at radius 3 is 2.62 bits per heavy atom. The highest BCUT2D eigenvalue weighted by atomic mass is 79.9. The lowest BCUT2D eigenvalue weighted by atomic mass is 9.90. The van der Waals surface area contributed by atoms with Crippen LogP contribution in [0.3, 0.4) is 0 Å². The van der Waals surface area contributed by atoms with E-state index in [1.165, 1.54) is 25.7 Å². The molecule has 1 aromatic carbocycles. The van der Waals surface area contributed by atoms with E-state index in [4.69, 9.17) is 0 Å². The van der Waals surface area contributed by atoms with Crippen LogP contribution in [0.1, 0.15) is 25.7 Å². The zero-order valence-corrected chi connectivity index (χ0v) is 14.1. The molecular weight excluding hydrogens is 328 g/mol. The van der Waals surface area contributed by atoms with Crippen molar-refractivity contribution in [1.82, 2.24) is 14.9 Å². The quantitative estimate of drug-likeness (QED) is 0.918. The Hall–Kier alpha value is -1.20. The van der Waals surface area contributed by atoms with Crippen LogP contribution in [0.2, 0.25) is 0 Å². The molecule has 1 aliphatic rings. The van der Waals surface area contributed by atoms with Crippen molar-refractivity contribution < 1.29 is 0 Å². The number of hydrogen-bond acceptors (Lipinski definition) is 4. The second-order valence-corrected chi connectivity index (χ2v) is 6.92. The molecule has 0 bridgehead atoms. The molecule has 0 atom stereocenters. The van der Waals surface area contributed by atoms with E-state index < -0.39 is 0 Å². The van der Waals surface area contributed by atoms with Crippen molar-refractivity contribution in [3.8, 4) is 0 Å². The monoisotopic (exact) mass is 348 g/mol. The molecule has 0 spiro atoms. The lowest BCUT2D eigenvalue weighted by molar-refractivity contribution is 0.221. The van der Waals surface area contributed by atoms with Gasteiger partial charge in [-0.3, -0.25) is 4.98 Å². The van der Waals surface area contributed by atoms with Gasteiger partial charge in [0.1, 0.15) is 5.82 Å². The summed E-state index contributed by atoms with van der Waals surface area (Å²) < 4.78 is 1.04. The van der Waals surface area contributed by atoms with Crippen LogP contribution in [-0.2, 0) is 0 Å². The Bertz CT molecular complexity index is 621. The molecule has 3 rings (SSSR count). The first kappa shape index (κ1) is 14.7. The summed E-state index contributed by atoms with van der Waals surface area (Å²) in [5.74, 6) is 0.883. The largest absolute Gasteiger partial charge is 0.366 e. The number of nitrogens with zero attached hydrogens (tertiary/aromatic N) is 3. The van der Waals surface area contributed by atoms with E-state index in [-0.39, 0.29) is 0 Å². The molecule has 1 aliphatic carbocycles. The first-order valence-electron chi connectivity index (χ1n) is 7.47. The average Bonchev–Trinajstić information content (AvgIpc) is 2.47. The Kier molecular flexibility index (Phi) is 4.40. The maximum atomic E-state index is 4.67. The lowest BCUT2D eigenvalue weighted by Crippen LogP contribution is -2.36. The van der Waals surface area contributed by atoms with Crippen molar-refractivity contribution in [2.45, 2.75) is 37.8 Å². The summed E-state index contributed by atoms with van der Waals surface area (Å²) in [6.45, 7) is 0. The third-order valence-corrected chi connectivity index (χ3v) is 4.78. The highest BCUT2D eigenvalue weighted by Gasteiger charge is 2.22. The molecule has 4 nitrogen and oxygen atoms in total. The number of fused-ring (bicyclic) bond motifs is 1. The zero-order chi connectivity index (χ0) is 14.8. The molecule has 1 aromatic heterocycles. The van der Waals surface area contributed by atoms with Crippen LogP contribution in [0.25, 0.3) is 11.0 Å². The summed E-state index contributed by atoms with van der Waals surface area (Å²) in [6, 6.07) is 7.23. The van der Waals surface area contributed by atoms with Gasteiger partial charge in [0.15, 0.2) is 0 Å². The van der Waals surface area contributed by atoms with Gasteiger partial charge in [0, 0.05) is 16.6 Å². The number of halogens is 1. The summed E-state index contributed by atoms with van der Waals surface area (Å²) in [5, 5.41) is 3.54. The maximum Gasteiger partial charge on any atom is 0.145 e. The second-order valence-electron chi connectivity index (χ2n) is 6.00. The zero-order valence-electron chi connectivity index (χ0n) is 12.5. The van der Waals surface area contributed by atoms with Crippen LogP contribution in [0.5, 0.6) is 0 Å². The molecule has 1 fully saturated rings. The first-order valence-corrected chi connectivity index (χ1v) is 8.26. The Morgan fingerprint density at radius 1 is 1.14 bits per heavy atom. The molecule has 1 heterocycles. The Morgan fingerprint density at radius 2 is 1.90 bits per heavy atom. The number of anilines is 1. The minimum Gasteiger partial charge on any atom is -0.366 e. The molecule has 5 heteroatoms. The third-order valence-electron chi connectivity index (χ3n) is 4.28. The van der Waals surface area contributed by atoms with E-state index in [9.17, 15) is 0 Å². The van der Waals surface area contributed by atoms with Gasteiger partial charge in [0.05, 0.1) is 17.2 Å². The van der Waals surface area contributed by atoms with Crippen LogP contribution in [-0.4, -0.2) is 41.0 Å². The predicted molar refractivity (Wildman–Crippen MR) is 90.6 cm³/mol. The van der Waals surface area contributed by atoms with Crippen molar-refractivity contribution in [3.63, 3.8) is 0 Å². The summed E-state index contributed by atoms with van der Waals surface area (Å²) in [6.07, 6.45) is 6.73. The number of benzene rings is 1. The smallest absolute Gasteiger partial charge is 0.145 e. The van der Waals surface area contributed by atoms with Crippen molar-refractivity contribution in [2.24, 2.45) is 0 Å². The van der Waals surface area contributed by atoms with Crippen LogP contribution in [0.4, 0.5) is 5.82 Å². The van der Waals surface area contributed by atoms with E-state index in [0.717, 1.165) is 27.4 Å². The highest BCUT2D eigenvalue weighted by molar-refractivity contribution is 9.10. The Labute approximate surface area is 134 Å². The van der Waals surface area contributed by atoms with Crippen molar-refractivity contribution >= 4 is 32.8 Å². The SMILES string of the molecule is CN(C)[C@H]1CC[C@H](Nc2cnc3ccc(Br)cc3n2)CC1. The molecule has 0 amide bonds. The molecule has 2 aromatic rings. The van der Waals surface area contributed by atoms with Crippen LogP contribution in [0.15, 0.2) is 28.9 Å². The summed E-state index contributed by atoms with van der Waals surface area (Å²) in [7, 11) is 4.34. The number of aromatic nitrogens is 2. The minimum atomic E-state index is 0.514. The Balaban J connectivity index is 1.68. The molecule has 1 N–H and O–H groups in total. The molecular formula is C16H21BrN4. The summed E-state index contributed by atoms with van der Waals surface area (Å²) in [4.78, 5) is 11.5. The van der Waals surface area contributed by atoms with E-state index in [1.807, 2.05) is 24.4 Å². The normalized spacial score (nSPS) is 22.7. The highest BCUT2D eigenvalue weighted by Crippen LogP contribution is 2.24. The van der Waals surface area contributed by atoms with Gasteiger partial charge in [-0.2, -0.15) is 0 Å². The summed E-state index contributed by atoms with van der Waals surface area (Å²) >= 11 is 3.48. The van der Waals surface area contributed by atoms with Crippen LogP contribution >= 0.6 is 15.9 Å². The van der Waals surface area contributed by atoms with Gasteiger partial charge in [-0.15, -0.1) is 0 Å². The standard InChI is InChI=1S/C16H21BrN4/c1-21(2)13-6-4-12(5-7-13)19-16-10-18-14-8-3-11(17)9-15(14)20-16/h3,8-10,12-13H,4-7H2,1-2H3,(H,19,20)/t12-,13-. The van der Waals surface area contributed by atoms with Gasteiger partial charge in [-0.25, -0.2) is 4.98 Å². The third kappa shape index (κ3) is 3.52. The molecule has 21 heavy (non-hydrogen) atoms. The molecule has 0 radical (unpaired) electrons. The number of nitrogens with one attached hydrogen (secondary N) is 1. The average molecular weight is 349 g/mol. The molecule has 0 unspecified atom stereocenters. The van der Waals surface area contributed by atoms with Crippen molar-refractivity contribution in [2.75, 3.05) is 19.4 Å². The summed E-state index contributed by atoms with van der Waals surface area (Å²) in [5.41, 5.74) is 1.86. The van der Waals surface area contributed by atoms with E-state index in [2.05, 4.69) is 50.2 Å². The van der Waals surface area contributed by atoms with Crippen LogP contribution in [0, 0.1) is 0 Å². The van der Waals surface area contributed by atoms with Gasteiger partial charge in [-0.1, -0.05) is 15.9 Å². The van der Waals surface area contributed by atoms with Gasteiger partial charge >= 0.3 is 0 Å². The first-order chi connectivity index (χ1) is 10.1. The number of hydrogen-bond donors (Lipinski definition) is 1. The van der Waals surface area contributed by atoms with Gasteiger partial charge in [0.25, 0.3) is 0 Å². The number of rotatable bonds is 3. The molecule has 0 saturated heterocycles. The van der Waals surface area contributed by atoms with Crippen molar-refractivity contribution in [3.05, 3.63) is 28.9 Å². The predicted octanol–water partition coefficient (Wildman–Crippen LogP) is 3.68. The minimum absolute atomic E-state index is 0.514. The van der Waals surface area contributed by atoms with E-state index in [1.54, 1.807) is 0 Å². The van der Waals surface area contributed by atoms with E-state index in [0.29, 0.717) is 6.04 Å². The fourth-order valence-electron chi connectivity index (χ4n) is 3.00.